The molecule has 1 saturated carbocycles. The molecule has 6 rings (SSSR count). The zero-order valence-electron chi connectivity index (χ0n) is 23.0. The minimum Gasteiger partial charge on any atom is -0.368 e. The number of amides is 1. The van der Waals surface area contributed by atoms with Crippen molar-refractivity contribution in [2.24, 2.45) is 0 Å². The number of carbonyl (C=O) groups is 1. The minimum absolute atomic E-state index is 0.117. The van der Waals surface area contributed by atoms with Gasteiger partial charge in [-0.05, 0) is 51.2 Å². The average molecular weight is 559 g/mol. The SMILES string of the molecule is CO[C@]1(C(=O)N[C@@H](C)c2ccc(-n3cc(F)cn3)nc2)CC[C@H](c2nc(Nc3cc(C)[nH]n3)cc3cncn32)CC1. The van der Waals surface area contributed by atoms with Gasteiger partial charge in [-0.25, -0.2) is 24.0 Å². The standard InChI is InChI=1S/C28H31FN10O2/c1-17-10-24(37-36-17)34-23-11-22-14-30-16-38(22)26(35-23)19-6-8-28(41-3,9-7-19)27(40)33-18(2)20-4-5-25(31-12-20)39-15-21(29)13-32-39/h4-5,10-16,18-19H,6-9H2,1-3H3,(H,33,40)(H2,34,36,37)/t18-,19-,28+/m0/s1. The molecule has 12 nitrogen and oxygen atoms in total. The number of nitrogens with zero attached hydrogens (tertiary/aromatic N) is 7. The van der Waals surface area contributed by atoms with Crippen molar-refractivity contribution in [2.75, 3.05) is 12.4 Å². The van der Waals surface area contributed by atoms with Crippen LogP contribution in [0.15, 0.2) is 55.4 Å². The molecule has 0 unspecified atom stereocenters. The van der Waals surface area contributed by atoms with Gasteiger partial charge >= 0.3 is 0 Å². The van der Waals surface area contributed by atoms with E-state index in [0.29, 0.717) is 30.3 Å². The lowest BCUT2D eigenvalue weighted by Gasteiger charge is -2.38. The smallest absolute Gasteiger partial charge is 0.252 e. The average Bonchev–Trinajstić information content (AvgIpc) is 3.74. The summed E-state index contributed by atoms with van der Waals surface area (Å²) in [5, 5.41) is 17.5. The van der Waals surface area contributed by atoms with Crippen LogP contribution in [0.1, 0.15) is 61.6 Å². The Balaban J connectivity index is 1.14. The number of imidazole rings is 1. The van der Waals surface area contributed by atoms with Crippen molar-refractivity contribution in [3.63, 3.8) is 0 Å². The molecule has 1 atom stereocenters. The zero-order valence-corrected chi connectivity index (χ0v) is 23.0. The molecule has 0 aliphatic heterocycles. The number of hydrogen-bond donors (Lipinski definition) is 3. The highest BCUT2D eigenvalue weighted by Gasteiger charge is 2.43. The van der Waals surface area contributed by atoms with Gasteiger partial charge in [0.05, 0.1) is 30.1 Å². The van der Waals surface area contributed by atoms with Crippen LogP contribution < -0.4 is 10.6 Å². The second-order valence-corrected chi connectivity index (χ2v) is 10.5. The summed E-state index contributed by atoms with van der Waals surface area (Å²) in [5.41, 5.74) is 1.75. The van der Waals surface area contributed by atoms with E-state index < -0.39 is 11.4 Å². The summed E-state index contributed by atoms with van der Waals surface area (Å²) >= 11 is 0. The first kappa shape index (κ1) is 26.6. The fourth-order valence-corrected chi connectivity index (χ4v) is 5.41. The predicted octanol–water partition coefficient (Wildman–Crippen LogP) is 4.14. The van der Waals surface area contributed by atoms with Crippen LogP contribution in [-0.4, -0.2) is 57.9 Å². The van der Waals surface area contributed by atoms with Crippen LogP contribution in [0.3, 0.4) is 0 Å². The fourth-order valence-electron chi connectivity index (χ4n) is 5.41. The highest BCUT2D eigenvalue weighted by atomic mass is 19.1. The maximum absolute atomic E-state index is 13.5. The first-order valence-electron chi connectivity index (χ1n) is 13.5. The summed E-state index contributed by atoms with van der Waals surface area (Å²) in [6.07, 6.45) is 10.1. The Morgan fingerprint density at radius 1 is 1.20 bits per heavy atom. The summed E-state index contributed by atoms with van der Waals surface area (Å²) in [7, 11) is 1.59. The van der Waals surface area contributed by atoms with Crippen molar-refractivity contribution in [3.8, 4) is 5.82 Å². The van der Waals surface area contributed by atoms with Gasteiger partial charge in [0.2, 0.25) is 0 Å². The van der Waals surface area contributed by atoms with Crippen LogP contribution in [-0.2, 0) is 9.53 Å². The van der Waals surface area contributed by atoms with E-state index >= 15 is 0 Å². The van der Waals surface area contributed by atoms with Gasteiger partial charge < -0.3 is 15.4 Å². The van der Waals surface area contributed by atoms with Crippen molar-refractivity contribution >= 4 is 23.1 Å². The Hall–Kier alpha value is -4.65. The van der Waals surface area contributed by atoms with E-state index in [4.69, 9.17) is 9.72 Å². The van der Waals surface area contributed by atoms with Gasteiger partial charge in [0, 0.05) is 37.1 Å². The topological polar surface area (TPSA) is 140 Å². The number of aromatic amines is 1. The van der Waals surface area contributed by atoms with Gasteiger partial charge in [0.25, 0.3) is 5.91 Å². The molecule has 0 radical (unpaired) electrons. The van der Waals surface area contributed by atoms with Crippen molar-refractivity contribution in [2.45, 2.75) is 57.1 Å². The van der Waals surface area contributed by atoms with E-state index in [1.807, 2.05) is 36.4 Å². The Labute approximate surface area is 235 Å². The maximum Gasteiger partial charge on any atom is 0.252 e. The molecule has 0 bridgehead atoms. The molecule has 5 aromatic rings. The van der Waals surface area contributed by atoms with Crippen molar-refractivity contribution < 1.29 is 13.9 Å². The summed E-state index contributed by atoms with van der Waals surface area (Å²) in [6, 6.07) is 7.13. The molecule has 0 spiro atoms. The molecule has 1 aliphatic rings. The second kappa shape index (κ2) is 10.7. The lowest BCUT2D eigenvalue weighted by molar-refractivity contribution is -0.148. The largest absolute Gasteiger partial charge is 0.368 e. The number of rotatable bonds is 8. The van der Waals surface area contributed by atoms with Crippen LogP contribution in [0.4, 0.5) is 16.0 Å². The van der Waals surface area contributed by atoms with Crippen LogP contribution in [0.25, 0.3) is 11.3 Å². The van der Waals surface area contributed by atoms with Crippen LogP contribution in [0, 0.1) is 12.7 Å². The van der Waals surface area contributed by atoms with Crippen LogP contribution >= 0.6 is 0 Å². The molecule has 41 heavy (non-hydrogen) atoms. The Bertz CT molecular complexity index is 1670. The first-order valence-corrected chi connectivity index (χ1v) is 13.5. The van der Waals surface area contributed by atoms with Gasteiger partial charge in [0.1, 0.15) is 23.6 Å². The number of anilines is 2. The van der Waals surface area contributed by atoms with Gasteiger partial charge in [-0.3, -0.25) is 14.3 Å². The zero-order chi connectivity index (χ0) is 28.6. The number of halogens is 1. The summed E-state index contributed by atoms with van der Waals surface area (Å²) in [5.74, 6) is 2.28. The Morgan fingerprint density at radius 3 is 2.68 bits per heavy atom. The molecule has 212 valence electrons. The molecule has 3 N–H and O–H groups in total. The monoisotopic (exact) mass is 558 g/mol. The molecular weight excluding hydrogens is 527 g/mol. The number of ether oxygens (including phenoxy) is 1. The van der Waals surface area contributed by atoms with E-state index in [0.717, 1.165) is 41.6 Å². The normalized spacial score (nSPS) is 19.8. The molecule has 1 amide bonds. The highest BCUT2D eigenvalue weighted by molar-refractivity contribution is 5.85. The number of pyridine rings is 1. The van der Waals surface area contributed by atoms with Crippen LogP contribution in [0.2, 0.25) is 0 Å². The van der Waals surface area contributed by atoms with Gasteiger partial charge in [-0.1, -0.05) is 6.07 Å². The first-order chi connectivity index (χ1) is 19.8. The van der Waals surface area contributed by atoms with E-state index in [9.17, 15) is 9.18 Å². The van der Waals surface area contributed by atoms with Crippen molar-refractivity contribution in [3.05, 3.63) is 78.3 Å². The third-order valence-electron chi connectivity index (χ3n) is 7.76. The minimum atomic E-state index is -0.943. The molecule has 0 saturated heterocycles. The van der Waals surface area contributed by atoms with Crippen molar-refractivity contribution in [1.29, 1.82) is 0 Å². The summed E-state index contributed by atoms with van der Waals surface area (Å²) in [4.78, 5) is 27.1. The second-order valence-electron chi connectivity index (χ2n) is 10.5. The summed E-state index contributed by atoms with van der Waals surface area (Å²) in [6.45, 7) is 3.84. The number of aryl methyl sites for hydroxylation is 1. The van der Waals surface area contributed by atoms with Gasteiger partial charge in [-0.15, -0.1) is 0 Å². The molecular formula is C28H31FN10O2. The summed E-state index contributed by atoms with van der Waals surface area (Å²) < 4.78 is 22.5. The van der Waals surface area contributed by atoms with E-state index in [1.165, 1.54) is 10.9 Å². The maximum atomic E-state index is 13.5. The predicted molar refractivity (Wildman–Crippen MR) is 148 cm³/mol. The molecule has 13 heteroatoms. The lowest BCUT2D eigenvalue weighted by Crippen LogP contribution is -2.51. The number of hydrogen-bond acceptors (Lipinski definition) is 8. The fraction of sp³-hybridized carbons (Fsp3) is 0.357. The van der Waals surface area contributed by atoms with Crippen LogP contribution in [0.5, 0.6) is 0 Å². The number of H-pyrrole nitrogens is 1. The molecule has 1 fully saturated rings. The van der Waals surface area contributed by atoms with Crippen molar-refractivity contribution in [1.82, 2.24) is 44.6 Å². The number of aromatic nitrogens is 8. The lowest BCUT2D eigenvalue weighted by atomic mass is 9.77. The molecule has 1 aliphatic carbocycles. The Morgan fingerprint density at radius 2 is 2.02 bits per heavy atom. The van der Waals surface area contributed by atoms with E-state index in [1.54, 1.807) is 31.9 Å². The number of methoxy groups -OCH3 is 1. The third kappa shape index (κ3) is 5.27. The third-order valence-corrected chi connectivity index (χ3v) is 7.76. The highest BCUT2D eigenvalue weighted by Crippen LogP contribution is 2.40. The number of nitrogens with one attached hydrogen (secondary N) is 3. The van der Waals surface area contributed by atoms with E-state index in [-0.39, 0.29) is 17.9 Å². The van der Waals surface area contributed by atoms with Gasteiger partial charge in [0.15, 0.2) is 17.5 Å². The quantitative estimate of drug-likeness (QED) is 0.258. The molecule has 5 aromatic heterocycles. The molecule has 5 heterocycles. The number of carbonyl (C=O) groups excluding carboxylic acids is 1. The van der Waals surface area contributed by atoms with E-state index in [2.05, 4.69) is 35.9 Å². The van der Waals surface area contributed by atoms with Gasteiger partial charge in [-0.2, -0.15) is 10.2 Å². The Kier molecular flexibility index (Phi) is 6.95. The molecule has 0 aromatic carbocycles. The number of fused-ring (bicyclic) bond motifs is 1.